The molecule has 0 aliphatic carbocycles. The van der Waals surface area contributed by atoms with E-state index in [1.54, 1.807) is 20.8 Å². The molecule has 1 aromatic carbocycles. The van der Waals surface area contributed by atoms with Gasteiger partial charge < -0.3 is 15.6 Å². The van der Waals surface area contributed by atoms with E-state index in [1.807, 2.05) is 0 Å². The van der Waals surface area contributed by atoms with Crippen molar-refractivity contribution in [2.45, 2.75) is 26.4 Å². The fourth-order valence-corrected chi connectivity index (χ4v) is 1.25. The van der Waals surface area contributed by atoms with E-state index in [4.69, 9.17) is 10.5 Å². The maximum atomic E-state index is 11.8. The van der Waals surface area contributed by atoms with Crippen LogP contribution in [0.25, 0.3) is 0 Å². The van der Waals surface area contributed by atoms with Crippen LogP contribution in [-0.4, -0.2) is 21.6 Å². The summed E-state index contributed by atoms with van der Waals surface area (Å²) in [7, 11) is 0. The number of benzene rings is 1. The second-order valence-electron chi connectivity index (χ2n) is 4.69. The van der Waals surface area contributed by atoms with Gasteiger partial charge in [-0.05, 0) is 20.8 Å². The van der Waals surface area contributed by atoms with Crippen LogP contribution in [0.5, 0.6) is 5.75 Å². The molecule has 98 valence electrons. The third-order valence-electron chi connectivity index (χ3n) is 1.96. The van der Waals surface area contributed by atoms with E-state index in [0.29, 0.717) is 0 Å². The molecule has 1 rings (SSSR count). The predicted molar refractivity (Wildman–Crippen MR) is 64.3 cm³/mol. The Labute approximate surface area is 103 Å². The second-order valence-corrected chi connectivity index (χ2v) is 4.69. The summed E-state index contributed by atoms with van der Waals surface area (Å²) in [5, 5.41) is 20.0. The van der Waals surface area contributed by atoms with Gasteiger partial charge in [0.15, 0.2) is 5.75 Å². The number of nitrogens with zero attached hydrogens (tertiary/aromatic N) is 1. The quantitative estimate of drug-likeness (QED) is 0.360. The molecule has 0 aromatic heterocycles. The summed E-state index contributed by atoms with van der Waals surface area (Å²) in [6.07, 6.45) is 0. The predicted octanol–water partition coefficient (Wildman–Crippen LogP) is 1.84. The number of carbonyl (C=O) groups excluding carboxylic acids is 1. The van der Waals surface area contributed by atoms with E-state index in [-0.39, 0.29) is 11.3 Å². The maximum absolute atomic E-state index is 11.8. The first kappa shape index (κ1) is 13.8. The summed E-state index contributed by atoms with van der Waals surface area (Å²) in [6.45, 7) is 4.99. The van der Waals surface area contributed by atoms with Crippen molar-refractivity contribution < 1.29 is 19.6 Å². The van der Waals surface area contributed by atoms with Crippen molar-refractivity contribution in [3.8, 4) is 5.75 Å². The van der Waals surface area contributed by atoms with Crippen LogP contribution in [0.1, 0.15) is 31.1 Å². The van der Waals surface area contributed by atoms with Gasteiger partial charge in [-0.25, -0.2) is 4.79 Å². The molecule has 0 saturated heterocycles. The average molecular weight is 254 g/mol. The highest BCUT2D eigenvalue weighted by Crippen LogP contribution is 2.31. The molecular weight excluding hydrogens is 240 g/mol. The molecule has 0 saturated carbocycles. The van der Waals surface area contributed by atoms with Gasteiger partial charge in [0.2, 0.25) is 0 Å². The molecule has 0 spiro atoms. The molecule has 1 aromatic rings. The maximum Gasteiger partial charge on any atom is 0.341 e. The highest BCUT2D eigenvalue weighted by atomic mass is 16.6. The lowest BCUT2D eigenvalue weighted by Gasteiger charge is -2.19. The van der Waals surface area contributed by atoms with E-state index in [0.717, 1.165) is 12.1 Å². The zero-order valence-electron chi connectivity index (χ0n) is 10.3. The molecule has 0 radical (unpaired) electrons. The molecule has 0 fully saturated rings. The molecule has 0 bridgehead atoms. The molecule has 0 atom stereocenters. The molecule has 0 heterocycles. The summed E-state index contributed by atoms with van der Waals surface area (Å²) in [4.78, 5) is 21.6. The lowest BCUT2D eigenvalue weighted by atomic mass is 10.1. The van der Waals surface area contributed by atoms with Gasteiger partial charge >= 0.3 is 11.7 Å². The zero-order chi connectivity index (χ0) is 14.1. The van der Waals surface area contributed by atoms with Gasteiger partial charge in [0, 0.05) is 12.1 Å². The number of nitro benzene ring substituents is 1. The molecule has 7 heteroatoms. The van der Waals surface area contributed by atoms with Crippen LogP contribution in [-0.2, 0) is 4.74 Å². The smallest absolute Gasteiger partial charge is 0.341 e. The molecule has 0 aliphatic heterocycles. The number of ether oxygens (including phenoxy) is 1. The Hall–Kier alpha value is -2.31. The Bertz CT molecular complexity index is 505. The first-order valence-electron chi connectivity index (χ1n) is 5.12. The Balaban J connectivity index is 3.21. The molecule has 7 nitrogen and oxygen atoms in total. The zero-order valence-corrected chi connectivity index (χ0v) is 10.3. The van der Waals surface area contributed by atoms with Gasteiger partial charge in [0.05, 0.1) is 16.2 Å². The van der Waals surface area contributed by atoms with Crippen LogP contribution in [0.15, 0.2) is 12.1 Å². The summed E-state index contributed by atoms with van der Waals surface area (Å²) in [5.74, 6) is -1.37. The number of phenolic OH excluding ortho intramolecular Hbond substituents is 1. The molecule has 0 unspecified atom stereocenters. The lowest BCUT2D eigenvalue weighted by Crippen LogP contribution is -2.24. The number of anilines is 1. The molecule has 3 N–H and O–H groups in total. The van der Waals surface area contributed by atoms with Crippen LogP contribution in [0.4, 0.5) is 11.4 Å². The van der Waals surface area contributed by atoms with Crippen LogP contribution in [0.3, 0.4) is 0 Å². The van der Waals surface area contributed by atoms with Gasteiger partial charge in [-0.2, -0.15) is 0 Å². The molecule has 0 aliphatic rings. The number of nitro groups is 1. The minimum absolute atomic E-state index is 0.0765. The largest absolute Gasteiger partial charge is 0.502 e. The van der Waals surface area contributed by atoms with Gasteiger partial charge in [-0.3, -0.25) is 10.1 Å². The Kier molecular flexibility index (Phi) is 3.45. The van der Waals surface area contributed by atoms with Gasteiger partial charge in [-0.1, -0.05) is 0 Å². The fourth-order valence-electron chi connectivity index (χ4n) is 1.25. The number of nitrogens with two attached hydrogens (primary N) is 1. The highest BCUT2D eigenvalue weighted by Gasteiger charge is 2.24. The Morgan fingerprint density at radius 2 is 2.00 bits per heavy atom. The van der Waals surface area contributed by atoms with Gasteiger partial charge in [0.25, 0.3) is 0 Å². The first-order valence-corrected chi connectivity index (χ1v) is 5.12. The van der Waals surface area contributed by atoms with Gasteiger partial charge in [-0.15, -0.1) is 0 Å². The van der Waals surface area contributed by atoms with Crippen molar-refractivity contribution in [3.63, 3.8) is 0 Å². The van der Waals surface area contributed by atoms with Crippen LogP contribution in [0, 0.1) is 10.1 Å². The normalized spacial score (nSPS) is 11.1. The van der Waals surface area contributed by atoms with E-state index in [2.05, 4.69) is 0 Å². The Morgan fingerprint density at radius 3 is 2.44 bits per heavy atom. The van der Waals surface area contributed by atoms with E-state index < -0.39 is 27.9 Å². The number of rotatable bonds is 2. The average Bonchev–Trinajstić information content (AvgIpc) is 2.13. The van der Waals surface area contributed by atoms with Crippen LogP contribution in [0.2, 0.25) is 0 Å². The van der Waals surface area contributed by atoms with Gasteiger partial charge in [0.1, 0.15) is 5.60 Å². The summed E-state index contributed by atoms with van der Waals surface area (Å²) >= 11 is 0. The van der Waals surface area contributed by atoms with Crippen LogP contribution >= 0.6 is 0 Å². The number of aromatic hydroxyl groups is 1. The number of phenols is 1. The summed E-state index contributed by atoms with van der Waals surface area (Å²) in [5.41, 5.74) is 3.97. The topological polar surface area (TPSA) is 116 Å². The number of carbonyl (C=O) groups is 1. The van der Waals surface area contributed by atoms with E-state index in [9.17, 15) is 20.0 Å². The Morgan fingerprint density at radius 1 is 1.44 bits per heavy atom. The van der Waals surface area contributed by atoms with E-state index in [1.165, 1.54) is 0 Å². The fraction of sp³-hybridized carbons (Fsp3) is 0.364. The minimum atomic E-state index is -0.803. The first-order chi connectivity index (χ1) is 8.11. The monoisotopic (exact) mass is 254 g/mol. The van der Waals surface area contributed by atoms with Crippen molar-refractivity contribution in [3.05, 3.63) is 27.8 Å². The van der Waals surface area contributed by atoms with E-state index >= 15 is 0 Å². The number of nitrogen functional groups attached to an aromatic ring is 1. The lowest BCUT2D eigenvalue weighted by molar-refractivity contribution is -0.385. The number of hydrogen-bond donors (Lipinski definition) is 2. The second kappa shape index (κ2) is 4.52. The number of esters is 1. The minimum Gasteiger partial charge on any atom is -0.502 e. The molecule has 0 amide bonds. The van der Waals surface area contributed by atoms with Crippen molar-refractivity contribution in [1.29, 1.82) is 0 Å². The van der Waals surface area contributed by atoms with Crippen molar-refractivity contribution in [2.75, 3.05) is 5.73 Å². The molecule has 18 heavy (non-hydrogen) atoms. The number of hydrogen-bond acceptors (Lipinski definition) is 6. The van der Waals surface area contributed by atoms with Crippen molar-refractivity contribution in [2.24, 2.45) is 0 Å². The van der Waals surface area contributed by atoms with Crippen molar-refractivity contribution >= 4 is 17.3 Å². The standard InChI is InChI=1S/C11H14N2O5/c1-11(2,3)18-10(15)6-4-8(13(16)17)9(14)5-7(6)12/h4-5,14H,12H2,1-3H3. The summed E-state index contributed by atoms with van der Waals surface area (Å²) in [6, 6.07) is 1.86. The van der Waals surface area contributed by atoms with Crippen LogP contribution < -0.4 is 5.73 Å². The van der Waals surface area contributed by atoms with Crippen molar-refractivity contribution in [1.82, 2.24) is 0 Å². The molecular formula is C11H14N2O5. The highest BCUT2D eigenvalue weighted by molar-refractivity contribution is 5.96. The summed E-state index contributed by atoms with van der Waals surface area (Å²) < 4.78 is 5.06. The third kappa shape index (κ3) is 3.09. The third-order valence-corrected chi connectivity index (χ3v) is 1.96. The SMILES string of the molecule is CC(C)(C)OC(=O)c1cc([N+](=O)[O-])c(O)cc1N.